The summed E-state index contributed by atoms with van der Waals surface area (Å²) in [6.07, 6.45) is 2.00. The molecule has 7 nitrogen and oxygen atoms in total. The van der Waals surface area contributed by atoms with Crippen LogP contribution in [0.2, 0.25) is 0 Å². The molecule has 1 N–H and O–H groups in total. The summed E-state index contributed by atoms with van der Waals surface area (Å²) in [5.74, 6) is 0.205. The number of hydrogen-bond donors (Lipinski definition) is 1. The monoisotopic (exact) mass is 404 g/mol. The van der Waals surface area contributed by atoms with E-state index in [0.29, 0.717) is 23.5 Å². The third kappa shape index (κ3) is 4.28. The fourth-order valence-corrected chi connectivity index (χ4v) is 4.28. The van der Waals surface area contributed by atoms with Gasteiger partial charge in [0.15, 0.2) is 0 Å². The molecule has 1 aliphatic rings. The average molecular weight is 404 g/mol. The standard InChI is InChI=1S/C20H24N2O5S/c1-22(18-7-3-4-8-19(18)26-2)28(24,25)17-11-9-15(10-12-17)20(23)21-14-16-6-5-13-27-16/h3-4,7-12,16H,5-6,13-14H2,1-2H3,(H,21,23)/t16-/m0/s1. The lowest BCUT2D eigenvalue weighted by Gasteiger charge is -2.21. The first kappa shape index (κ1) is 20.2. The van der Waals surface area contributed by atoms with Crippen molar-refractivity contribution in [3.63, 3.8) is 0 Å². The van der Waals surface area contributed by atoms with Crippen molar-refractivity contribution in [3.8, 4) is 5.75 Å². The van der Waals surface area contributed by atoms with Gasteiger partial charge in [-0.05, 0) is 49.2 Å². The van der Waals surface area contributed by atoms with Crippen LogP contribution in [0.1, 0.15) is 23.2 Å². The lowest BCUT2D eigenvalue weighted by molar-refractivity contribution is 0.0857. The molecule has 1 aliphatic heterocycles. The number of para-hydroxylation sites is 2. The zero-order valence-electron chi connectivity index (χ0n) is 15.9. The van der Waals surface area contributed by atoms with Gasteiger partial charge in [-0.2, -0.15) is 0 Å². The van der Waals surface area contributed by atoms with Gasteiger partial charge in [0.25, 0.3) is 15.9 Å². The molecule has 0 aromatic heterocycles. The van der Waals surface area contributed by atoms with Crippen LogP contribution in [-0.2, 0) is 14.8 Å². The largest absolute Gasteiger partial charge is 0.495 e. The first-order valence-electron chi connectivity index (χ1n) is 9.05. The molecule has 0 spiro atoms. The van der Waals surface area contributed by atoms with Gasteiger partial charge in [-0.15, -0.1) is 0 Å². The maximum Gasteiger partial charge on any atom is 0.264 e. The summed E-state index contributed by atoms with van der Waals surface area (Å²) in [5, 5.41) is 2.82. The molecule has 1 amide bonds. The lowest BCUT2D eigenvalue weighted by Crippen LogP contribution is -2.31. The van der Waals surface area contributed by atoms with Gasteiger partial charge in [0, 0.05) is 25.8 Å². The molecular weight excluding hydrogens is 380 g/mol. The Kier molecular flexibility index (Phi) is 6.21. The molecule has 0 aliphatic carbocycles. The lowest BCUT2D eigenvalue weighted by atomic mass is 10.2. The van der Waals surface area contributed by atoms with Gasteiger partial charge in [0.05, 0.1) is 23.8 Å². The van der Waals surface area contributed by atoms with Gasteiger partial charge in [-0.1, -0.05) is 12.1 Å². The molecule has 0 radical (unpaired) electrons. The predicted octanol–water partition coefficient (Wildman–Crippen LogP) is 2.43. The zero-order valence-corrected chi connectivity index (χ0v) is 16.7. The van der Waals surface area contributed by atoms with Crippen molar-refractivity contribution in [2.75, 3.05) is 31.6 Å². The summed E-state index contributed by atoms with van der Waals surface area (Å²) in [6.45, 7) is 1.18. The van der Waals surface area contributed by atoms with Crippen molar-refractivity contribution in [1.82, 2.24) is 5.32 Å². The number of ether oxygens (including phenoxy) is 2. The first-order valence-corrected chi connectivity index (χ1v) is 10.5. The van der Waals surface area contributed by atoms with E-state index in [1.807, 2.05) is 0 Å². The number of benzene rings is 2. The van der Waals surface area contributed by atoms with E-state index in [-0.39, 0.29) is 16.9 Å². The van der Waals surface area contributed by atoms with Crippen LogP contribution < -0.4 is 14.4 Å². The minimum Gasteiger partial charge on any atom is -0.495 e. The summed E-state index contributed by atoms with van der Waals surface area (Å²) in [4.78, 5) is 12.4. The Labute approximate surface area is 165 Å². The smallest absolute Gasteiger partial charge is 0.264 e. The molecule has 28 heavy (non-hydrogen) atoms. The highest BCUT2D eigenvalue weighted by atomic mass is 32.2. The Hall–Kier alpha value is -2.58. The number of carbonyl (C=O) groups excluding carboxylic acids is 1. The van der Waals surface area contributed by atoms with E-state index < -0.39 is 10.0 Å². The van der Waals surface area contributed by atoms with Crippen molar-refractivity contribution in [2.24, 2.45) is 0 Å². The van der Waals surface area contributed by atoms with E-state index in [4.69, 9.17) is 9.47 Å². The SMILES string of the molecule is COc1ccccc1N(C)S(=O)(=O)c1ccc(C(=O)NC[C@@H]2CCCO2)cc1. The summed E-state index contributed by atoms with van der Waals surface area (Å²) in [7, 11) is -0.834. The summed E-state index contributed by atoms with van der Waals surface area (Å²) in [6, 6.07) is 12.8. The van der Waals surface area contributed by atoms with E-state index in [2.05, 4.69) is 5.32 Å². The second-order valence-corrected chi connectivity index (χ2v) is 8.48. The third-order valence-corrected chi connectivity index (χ3v) is 6.50. The normalized spacial score (nSPS) is 16.6. The topological polar surface area (TPSA) is 84.9 Å². The first-order chi connectivity index (χ1) is 13.4. The third-order valence-electron chi connectivity index (χ3n) is 4.71. The second kappa shape index (κ2) is 8.62. The summed E-state index contributed by atoms with van der Waals surface area (Å²) >= 11 is 0. The fourth-order valence-electron chi connectivity index (χ4n) is 3.07. The number of amides is 1. The Morgan fingerprint density at radius 1 is 1.21 bits per heavy atom. The number of methoxy groups -OCH3 is 1. The predicted molar refractivity (Wildman–Crippen MR) is 106 cm³/mol. The molecule has 1 atom stereocenters. The molecule has 8 heteroatoms. The molecule has 0 unspecified atom stereocenters. The Morgan fingerprint density at radius 2 is 1.93 bits per heavy atom. The highest BCUT2D eigenvalue weighted by Gasteiger charge is 2.24. The van der Waals surface area contributed by atoms with Crippen LogP contribution in [0.5, 0.6) is 5.75 Å². The Morgan fingerprint density at radius 3 is 2.57 bits per heavy atom. The highest BCUT2D eigenvalue weighted by molar-refractivity contribution is 7.92. The molecule has 150 valence electrons. The van der Waals surface area contributed by atoms with E-state index in [1.165, 1.54) is 42.7 Å². The fraction of sp³-hybridized carbons (Fsp3) is 0.350. The van der Waals surface area contributed by atoms with E-state index in [1.54, 1.807) is 24.3 Å². The molecule has 0 bridgehead atoms. The number of nitrogens with one attached hydrogen (secondary N) is 1. The number of nitrogens with zero attached hydrogens (tertiary/aromatic N) is 1. The summed E-state index contributed by atoms with van der Waals surface area (Å²) in [5.41, 5.74) is 0.834. The van der Waals surface area contributed by atoms with Crippen LogP contribution in [0.15, 0.2) is 53.4 Å². The molecular formula is C20H24N2O5S. The highest BCUT2D eigenvalue weighted by Crippen LogP contribution is 2.30. The van der Waals surface area contributed by atoms with Gasteiger partial charge >= 0.3 is 0 Å². The molecule has 3 rings (SSSR count). The molecule has 1 fully saturated rings. The van der Waals surface area contributed by atoms with Crippen LogP contribution in [0.4, 0.5) is 5.69 Å². The van der Waals surface area contributed by atoms with Crippen LogP contribution >= 0.6 is 0 Å². The second-order valence-electron chi connectivity index (χ2n) is 6.51. The van der Waals surface area contributed by atoms with Crippen molar-refractivity contribution < 1.29 is 22.7 Å². The average Bonchev–Trinajstić information content (AvgIpc) is 3.25. The van der Waals surface area contributed by atoms with Crippen LogP contribution in [0.3, 0.4) is 0 Å². The van der Waals surface area contributed by atoms with Crippen LogP contribution in [0.25, 0.3) is 0 Å². The van der Waals surface area contributed by atoms with E-state index >= 15 is 0 Å². The van der Waals surface area contributed by atoms with Crippen molar-refractivity contribution in [3.05, 3.63) is 54.1 Å². The minimum absolute atomic E-state index is 0.0538. The van der Waals surface area contributed by atoms with E-state index in [0.717, 1.165) is 19.4 Å². The minimum atomic E-state index is -3.79. The van der Waals surface area contributed by atoms with Crippen LogP contribution in [0, 0.1) is 0 Å². The maximum atomic E-state index is 12.9. The zero-order chi connectivity index (χ0) is 20.1. The van der Waals surface area contributed by atoms with E-state index in [9.17, 15) is 13.2 Å². The van der Waals surface area contributed by atoms with Crippen LogP contribution in [-0.4, -0.2) is 47.7 Å². The van der Waals surface area contributed by atoms with Gasteiger partial charge in [0.2, 0.25) is 0 Å². The Bertz CT molecular complexity index is 922. The number of sulfonamides is 1. The number of anilines is 1. The van der Waals surface area contributed by atoms with Crippen molar-refractivity contribution in [2.45, 2.75) is 23.8 Å². The molecule has 2 aromatic rings. The number of hydrogen-bond acceptors (Lipinski definition) is 5. The van der Waals surface area contributed by atoms with Crippen molar-refractivity contribution >= 4 is 21.6 Å². The maximum absolute atomic E-state index is 12.9. The van der Waals surface area contributed by atoms with Crippen molar-refractivity contribution in [1.29, 1.82) is 0 Å². The van der Waals surface area contributed by atoms with Gasteiger partial charge in [-0.25, -0.2) is 8.42 Å². The number of carbonyl (C=O) groups is 1. The molecule has 2 aromatic carbocycles. The summed E-state index contributed by atoms with van der Waals surface area (Å²) < 4.78 is 37.8. The molecule has 1 heterocycles. The Balaban J connectivity index is 1.73. The number of rotatable bonds is 7. The molecule has 1 saturated heterocycles. The molecule has 0 saturated carbocycles. The van der Waals surface area contributed by atoms with Gasteiger partial charge in [0.1, 0.15) is 5.75 Å². The van der Waals surface area contributed by atoms with Gasteiger partial charge in [-0.3, -0.25) is 9.10 Å². The van der Waals surface area contributed by atoms with Gasteiger partial charge < -0.3 is 14.8 Å². The quantitative estimate of drug-likeness (QED) is 0.766.